The van der Waals surface area contributed by atoms with Crippen molar-refractivity contribution in [2.45, 2.75) is 185 Å². The summed E-state index contributed by atoms with van der Waals surface area (Å²) < 4.78 is 31.2. The zero-order valence-corrected chi connectivity index (χ0v) is 56.8. The highest BCUT2D eigenvalue weighted by Crippen LogP contribution is 2.48. The molecular formula is C66H107N9O18. The van der Waals surface area contributed by atoms with E-state index in [4.69, 9.17) is 51.4 Å². The van der Waals surface area contributed by atoms with Crippen molar-refractivity contribution < 1.29 is 86.0 Å². The van der Waals surface area contributed by atoms with E-state index in [9.17, 15) is 57.5 Å². The number of primary amides is 3. The fourth-order valence-electron chi connectivity index (χ4n) is 9.16. The highest BCUT2D eigenvalue weighted by atomic mass is 16.6. The minimum Gasteiger partial charge on any atom is -0.462 e. The number of benzene rings is 2. The molecule has 524 valence electrons. The zero-order valence-electron chi connectivity index (χ0n) is 56.8. The van der Waals surface area contributed by atoms with Gasteiger partial charge in [0.25, 0.3) is 0 Å². The Balaban J connectivity index is 0.00000170. The predicted octanol–water partition coefficient (Wildman–Crippen LogP) is 5.58. The van der Waals surface area contributed by atoms with Gasteiger partial charge in [-0.15, -0.1) is 0 Å². The fraction of sp³-hybridized carbons (Fsp3) is 0.636. The van der Waals surface area contributed by atoms with Crippen LogP contribution in [0.5, 0.6) is 0 Å². The van der Waals surface area contributed by atoms with Crippen LogP contribution < -0.4 is 49.5 Å². The summed E-state index contributed by atoms with van der Waals surface area (Å²) in [6.07, 6.45) is 3.66. The zero-order chi connectivity index (χ0) is 70.8. The molecule has 0 aromatic heterocycles. The van der Waals surface area contributed by atoms with Crippen LogP contribution in [0.15, 0.2) is 60.7 Å². The number of nitrogens with two attached hydrogens (primary N) is 4. The molecule has 0 aliphatic rings. The maximum Gasteiger partial charge on any atom is 0.408 e. The topological polar surface area (TPSA) is 424 Å². The summed E-state index contributed by atoms with van der Waals surface area (Å²) in [6, 6.07) is 15.5. The summed E-state index contributed by atoms with van der Waals surface area (Å²) >= 11 is 0. The van der Waals surface area contributed by atoms with Gasteiger partial charge >= 0.3 is 36.1 Å². The largest absolute Gasteiger partial charge is 0.462 e. The Kier molecular flexibility index (Phi) is 41.0. The number of hydrogen-bond donors (Lipinski definition) is 9. The van der Waals surface area contributed by atoms with Gasteiger partial charge in [0, 0.05) is 31.2 Å². The highest BCUT2D eigenvalue weighted by molar-refractivity contribution is 5.90. The maximum absolute atomic E-state index is 13.0. The summed E-state index contributed by atoms with van der Waals surface area (Å²) in [5, 5.41) is 12.3. The summed E-state index contributed by atoms with van der Waals surface area (Å²) in [5.74, 6) is -6.75. The highest BCUT2D eigenvalue weighted by Gasteiger charge is 2.49. The van der Waals surface area contributed by atoms with Gasteiger partial charge < -0.3 is 77.9 Å². The van der Waals surface area contributed by atoms with E-state index in [0.29, 0.717) is 32.2 Å². The molecule has 0 radical (unpaired) electrons. The molecule has 2 aromatic rings. The van der Waals surface area contributed by atoms with Crippen LogP contribution in [0.3, 0.4) is 0 Å². The number of unbranched alkanes of at least 4 members (excludes halogenated alkanes) is 2. The molecule has 2 aromatic carbocycles. The second-order valence-corrected chi connectivity index (χ2v) is 24.2. The SMILES string of the molecule is CCC(C)(C(=O)OCCOC(=O)CNC(=O)[C@H](CCC(N)=O)NC(=O)OCc1ccccc1)C(C)(C)CC(C)C(N)=O.CCCCN.CCCCNC(=O)CC[C@H](NC(=O)OCc1ccccc1)C(=O)NCC(=O)OCCOC(=O)C(C)(CC)C(C)(C)CC(C)C(N)=O. The van der Waals surface area contributed by atoms with Gasteiger partial charge in [0.1, 0.15) is 64.8 Å². The van der Waals surface area contributed by atoms with E-state index in [0.717, 1.165) is 30.5 Å². The Bertz CT molecular complexity index is 2660. The van der Waals surface area contributed by atoms with Gasteiger partial charge in [0.15, 0.2) is 0 Å². The number of nitrogens with one attached hydrogen (secondary N) is 5. The molecular weight excluding hydrogens is 1210 g/mol. The molecule has 4 unspecified atom stereocenters. The van der Waals surface area contributed by atoms with Gasteiger partial charge in [-0.2, -0.15) is 0 Å². The van der Waals surface area contributed by atoms with Crippen molar-refractivity contribution in [3.8, 4) is 0 Å². The van der Waals surface area contributed by atoms with Crippen LogP contribution in [0.4, 0.5) is 9.59 Å². The molecule has 13 N–H and O–H groups in total. The van der Waals surface area contributed by atoms with Crippen molar-refractivity contribution >= 4 is 71.5 Å². The molecule has 93 heavy (non-hydrogen) atoms. The molecule has 0 heterocycles. The van der Waals surface area contributed by atoms with Crippen molar-refractivity contribution in [3.63, 3.8) is 0 Å². The van der Waals surface area contributed by atoms with Gasteiger partial charge in [0.05, 0.1) is 10.8 Å². The van der Waals surface area contributed by atoms with Crippen molar-refractivity contribution in [2.24, 2.45) is 56.4 Å². The van der Waals surface area contributed by atoms with Crippen LogP contribution in [0.1, 0.15) is 171 Å². The van der Waals surface area contributed by atoms with Crippen LogP contribution in [0.25, 0.3) is 0 Å². The van der Waals surface area contributed by atoms with Crippen LogP contribution in [-0.2, 0) is 89.6 Å². The predicted molar refractivity (Wildman–Crippen MR) is 347 cm³/mol. The van der Waals surface area contributed by atoms with Gasteiger partial charge in [0.2, 0.25) is 35.4 Å². The van der Waals surface area contributed by atoms with E-state index in [1.165, 1.54) is 12.8 Å². The third-order valence-electron chi connectivity index (χ3n) is 16.3. The van der Waals surface area contributed by atoms with Gasteiger partial charge in [-0.1, -0.05) is 143 Å². The third kappa shape index (κ3) is 33.7. The molecule has 0 fully saturated rings. The number of carbonyl (C=O) groups is 12. The lowest BCUT2D eigenvalue weighted by Crippen LogP contribution is -2.48. The monoisotopic (exact) mass is 1310 g/mol. The van der Waals surface area contributed by atoms with E-state index in [2.05, 4.69) is 33.5 Å². The number of ether oxygens (including phenoxy) is 6. The first-order valence-corrected chi connectivity index (χ1v) is 31.7. The number of alkyl carbamates (subject to hydrolysis) is 2. The van der Waals surface area contributed by atoms with Crippen molar-refractivity contribution in [3.05, 3.63) is 71.8 Å². The number of esters is 4. The van der Waals surface area contributed by atoms with Crippen molar-refractivity contribution in [2.75, 3.05) is 52.6 Å². The summed E-state index contributed by atoms with van der Waals surface area (Å²) in [7, 11) is 0. The van der Waals surface area contributed by atoms with Crippen LogP contribution in [-0.4, -0.2) is 136 Å². The van der Waals surface area contributed by atoms with Gasteiger partial charge in [-0.05, 0) is 93.7 Å². The Morgan fingerprint density at radius 1 is 0.484 bits per heavy atom. The Morgan fingerprint density at radius 2 is 0.849 bits per heavy atom. The first-order chi connectivity index (χ1) is 43.7. The first kappa shape index (κ1) is 84.6. The average molecular weight is 1310 g/mol. The average Bonchev–Trinajstić information content (AvgIpc) is 0.807. The van der Waals surface area contributed by atoms with E-state index >= 15 is 0 Å². The number of carbonyl (C=O) groups excluding carboxylic acids is 12. The van der Waals surface area contributed by atoms with E-state index in [1.54, 1.807) is 76.2 Å². The van der Waals surface area contributed by atoms with Crippen LogP contribution in [0.2, 0.25) is 0 Å². The molecule has 27 nitrogen and oxygen atoms in total. The lowest BCUT2D eigenvalue weighted by Gasteiger charge is -2.42. The third-order valence-corrected chi connectivity index (χ3v) is 16.3. The van der Waals surface area contributed by atoms with Crippen LogP contribution >= 0.6 is 0 Å². The van der Waals surface area contributed by atoms with Gasteiger partial charge in [-0.3, -0.25) is 47.9 Å². The summed E-state index contributed by atoms with van der Waals surface area (Å²) in [6.45, 7) is 21.6. The van der Waals surface area contributed by atoms with E-state index in [1.807, 2.05) is 60.6 Å². The lowest BCUT2D eigenvalue weighted by molar-refractivity contribution is -0.168. The Labute approximate surface area is 548 Å². The second-order valence-electron chi connectivity index (χ2n) is 24.2. The molecule has 6 atom stereocenters. The lowest BCUT2D eigenvalue weighted by atomic mass is 9.61. The first-order valence-electron chi connectivity index (χ1n) is 31.7. The molecule has 0 bridgehead atoms. The standard InChI is InChI=1S/C33H52N4O9.C29H44N4O9.C4H11N/c1-7-9-17-35-26(38)16-15-25(37-31(43)46-22-24-13-11-10-12-14-24)29(41)36-21-27(39)44-18-19-45-30(42)33(6,8-2)32(4,5)20-23(3)28(34)40;1-6-29(5,28(3,4)16-19(2)24(31)36)26(38)41-15-14-40-23(35)17-32-25(37)21(12-13-22(30)34)33-27(39)42-18-20-10-8-7-9-11-20;1-2-3-4-5/h10-14,23,25H,7-9,15-22H2,1-6H3,(H2,34,40)(H,35,38)(H,36,41)(H,37,43);7-11,19,21H,6,12-18H2,1-5H3,(H2,30,34)(H2,31,36)(H,32,37)(H,33,39);2-5H2,1H3/t23?,25-,33?;19?,21-,29?;/m00./s1. The minimum atomic E-state index is -1.19. The minimum absolute atomic E-state index is 0.0170. The number of rotatable bonds is 41. The molecule has 0 spiro atoms. The van der Waals surface area contributed by atoms with Crippen LogP contribution in [0, 0.1) is 33.5 Å². The fourth-order valence-corrected chi connectivity index (χ4v) is 9.16. The Hall–Kier alpha value is -8.36. The molecule has 0 aliphatic carbocycles. The van der Waals surface area contributed by atoms with Crippen molar-refractivity contribution in [1.29, 1.82) is 0 Å². The normalized spacial score (nSPS) is 13.5. The quantitative estimate of drug-likeness (QED) is 0.0223. The molecule has 27 heteroatoms. The molecule has 0 aliphatic heterocycles. The maximum atomic E-state index is 13.0. The second kappa shape index (κ2) is 45.0. The molecule has 0 saturated heterocycles. The van der Waals surface area contributed by atoms with Crippen molar-refractivity contribution in [1.82, 2.24) is 26.6 Å². The summed E-state index contributed by atoms with van der Waals surface area (Å²) in [5.41, 5.74) is 19.5. The molecule has 2 rings (SSSR count). The van der Waals surface area contributed by atoms with E-state index in [-0.39, 0.29) is 71.2 Å². The smallest absolute Gasteiger partial charge is 0.408 e. The molecule has 0 saturated carbocycles. The molecule has 8 amide bonds. The number of hydrogen-bond acceptors (Lipinski definition) is 19. The Morgan fingerprint density at radius 3 is 1.17 bits per heavy atom. The van der Waals surface area contributed by atoms with E-state index < -0.39 is 124 Å². The van der Waals surface area contributed by atoms with Gasteiger partial charge in [-0.25, -0.2) is 9.59 Å². The number of amides is 8. The summed E-state index contributed by atoms with van der Waals surface area (Å²) in [4.78, 5) is 147.